The van der Waals surface area contributed by atoms with Gasteiger partial charge >= 0.3 is 0 Å². The second kappa shape index (κ2) is 8.76. The number of nitrogens with zero attached hydrogens (tertiary/aromatic N) is 4. The Morgan fingerprint density at radius 2 is 1.97 bits per heavy atom. The molecule has 3 heterocycles. The average Bonchev–Trinajstić information content (AvgIpc) is 3.41. The molecule has 29 heavy (non-hydrogen) atoms. The minimum absolute atomic E-state index is 0.0795. The van der Waals surface area contributed by atoms with Crippen molar-refractivity contribution in [3.05, 3.63) is 36.0 Å². The molecule has 0 saturated carbocycles. The van der Waals surface area contributed by atoms with E-state index in [4.69, 9.17) is 10.00 Å². The van der Waals surface area contributed by atoms with Crippen molar-refractivity contribution in [2.75, 3.05) is 39.3 Å². The molecule has 0 bridgehead atoms. The number of nitriles is 1. The van der Waals surface area contributed by atoms with Gasteiger partial charge in [-0.2, -0.15) is 5.26 Å². The molecule has 4 rings (SSSR count). The zero-order chi connectivity index (χ0) is 20.2. The number of fused-ring (bicyclic) bond motifs is 1. The zero-order valence-electron chi connectivity index (χ0n) is 16.5. The van der Waals surface area contributed by atoms with Gasteiger partial charge in [-0.3, -0.25) is 14.5 Å². The minimum Gasteiger partial charge on any atom is -0.368 e. The molecule has 1 aromatic carbocycles. The number of rotatable bonds is 6. The lowest BCUT2D eigenvalue weighted by Crippen LogP contribution is -2.52. The molecule has 1 atom stereocenters. The van der Waals surface area contributed by atoms with Crippen LogP contribution in [0.5, 0.6) is 0 Å². The Balaban J connectivity index is 1.39. The van der Waals surface area contributed by atoms with Crippen molar-refractivity contribution in [3.8, 4) is 6.07 Å². The Morgan fingerprint density at radius 1 is 1.17 bits per heavy atom. The van der Waals surface area contributed by atoms with Gasteiger partial charge in [-0.25, -0.2) is 0 Å². The van der Waals surface area contributed by atoms with E-state index in [1.54, 1.807) is 0 Å². The highest BCUT2D eigenvalue weighted by atomic mass is 16.5. The van der Waals surface area contributed by atoms with E-state index in [1.807, 2.05) is 39.9 Å². The Morgan fingerprint density at radius 3 is 2.69 bits per heavy atom. The Hall–Kier alpha value is -2.69. The number of aromatic nitrogens is 1. The number of Topliss-reactive ketones (excluding diaryl/α,β-unsaturated/α-hetero) is 1. The number of carbonyl (C=O) groups is 2. The van der Waals surface area contributed by atoms with Crippen LogP contribution >= 0.6 is 0 Å². The number of ether oxygens (including phenoxy) is 1. The van der Waals surface area contributed by atoms with Gasteiger partial charge in [-0.15, -0.1) is 0 Å². The third-order valence-electron chi connectivity index (χ3n) is 5.81. The van der Waals surface area contributed by atoms with Crippen LogP contribution in [-0.2, 0) is 16.1 Å². The van der Waals surface area contributed by atoms with E-state index >= 15 is 0 Å². The molecule has 2 aliphatic rings. The normalized spacial score (nSPS) is 20.1. The van der Waals surface area contributed by atoms with E-state index in [-0.39, 0.29) is 17.8 Å². The van der Waals surface area contributed by atoms with Crippen LogP contribution in [0, 0.1) is 11.3 Å². The van der Waals surface area contributed by atoms with Gasteiger partial charge in [-0.05, 0) is 18.9 Å². The molecule has 0 aliphatic carbocycles. The fourth-order valence-electron chi connectivity index (χ4n) is 4.22. The SMILES string of the molecule is N#CCCn1cc(C(=O)CN2CCN(C(=O)C3CCCO3)CC2)c2ccccc21. The predicted octanol–water partition coefficient (Wildman–Crippen LogP) is 2.06. The standard InChI is InChI=1S/C22H26N4O3/c23-8-4-9-26-15-18(17-5-1-2-6-19(17)26)20(27)16-24-10-12-25(13-11-24)22(28)21-7-3-14-29-21/h1-2,5-6,15,21H,3-4,7,9-14,16H2. The number of amides is 1. The lowest BCUT2D eigenvalue weighted by atomic mass is 10.1. The third-order valence-corrected chi connectivity index (χ3v) is 5.81. The van der Waals surface area contributed by atoms with Crippen LogP contribution < -0.4 is 0 Å². The van der Waals surface area contributed by atoms with Crippen molar-refractivity contribution in [2.24, 2.45) is 0 Å². The molecule has 7 heteroatoms. The van der Waals surface area contributed by atoms with Crippen molar-refractivity contribution in [3.63, 3.8) is 0 Å². The first-order chi connectivity index (χ1) is 14.2. The summed E-state index contributed by atoms with van der Waals surface area (Å²) in [5.74, 6) is 0.171. The van der Waals surface area contributed by atoms with E-state index in [2.05, 4.69) is 11.0 Å². The van der Waals surface area contributed by atoms with E-state index < -0.39 is 0 Å². The zero-order valence-corrected chi connectivity index (χ0v) is 16.5. The fraction of sp³-hybridized carbons (Fsp3) is 0.500. The number of para-hydroxylation sites is 1. The molecule has 0 radical (unpaired) electrons. The molecule has 1 unspecified atom stereocenters. The topological polar surface area (TPSA) is 78.6 Å². The van der Waals surface area contributed by atoms with Gasteiger partial charge in [0.1, 0.15) is 6.10 Å². The second-order valence-corrected chi connectivity index (χ2v) is 7.69. The van der Waals surface area contributed by atoms with Gasteiger partial charge in [0, 0.05) is 62.0 Å². The molecule has 1 aromatic heterocycles. The first kappa shape index (κ1) is 19.6. The van der Waals surface area contributed by atoms with E-state index in [0.717, 1.165) is 23.7 Å². The molecule has 2 fully saturated rings. The number of benzene rings is 1. The van der Waals surface area contributed by atoms with Gasteiger partial charge in [0.2, 0.25) is 0 Å². The van der Waals surface area contributed by atoms with Crippen LogP contribution in [0.1, 0.15) is 29.6 Å². The van der Waals surface area contributed by atoms with E-state index in [9.17, 15) is 9.59 Å². The van der Waals surface area contributed by atoms with Crippen molar-refractivity contribution in [2.45, 2.75) is 31.9 Å². The smallest absolute Gasteiger partial charge is 0.251 e. The van der Waals surface area contributed by atoms with Crippen molar-refractivity contribution in [1.29, 1.82) is 5.26 Å². The maximum absolute atomic E-state index is 13.0. The highest BCUT2D eigenvalue weighted by molar-refractivity contribution is 6.09. The summed E-state index contributed by atoms with van der Waals surface area (Å²) in [6.07, 6.45) is 3.78. The summed E-state index contributed by atoms with van der Waals surface area (Å²) in [4.78, 5) is 29.5. The lowest BCUT2D eigenvalue weighted by Gasteiger charge is -2.35. The number of ketones is 1. The molecular formula is C22H26N4O3. The van der Waals surface area contributed by atoms with Crippen LogP contribution in [0.25, 0.3) is 10.9 Å². The summed E-state index contributed by atoms with van der Waals surface area (Å²) in [5.41, 5.74) is 1.69. The van der Waals surface area contributed by atoms with Crippen LogP contribution in [0.15, 0.2) is 30.5 Å². The first-order valence-electron chi connectivity index (χ1n) is 10.3. The van der Waals surface area contributed by atoms with Gasteiger partial charge in [0.15, 0.2) is 5.78 Å². The fourth-order valence-corrected chi connectivity index (χ4v) is 4.22. The average molecular weight is 394 g/mol. The molecule has 2 saturated heterocycles. The highest BCUT2D eigenvalue weighted by Crippen LogP contribution is 2.23. The van der Waals surface area contributed by atoms with Gasteiger partial charge in [0.25, 0.3) is 5.91 Å². The molecule has 2 aromatic rings. The minimum atomic E-state index is -0.275. The maximum Gasteiger partial charge on any atom is 0.251 e. The quantitative estimate of drug-likeness (QED) is 0.701. The Bertz CT molecular complexity index is 931. The summed E-state index contributed by atoms with van der Waals surface area (Å²) >= 11 is 0. The van der Waals surface area contributed by atoms with Crippen LogP contribution in [0.2, 0.25) is 0 Å². The summed E-state index contributed by atoms with van der Waals surface area (Å²) in [5, 5.41) is 9.82. The Labute approximate surface area is 170 Å². The maximum atomic E-state index is 13.0. The Kier molecular flexibility index (Phi) is 5.93. The van der Waals surface area contributed by atoms with Gasteiger partial charge in [-0.1, -0.05) is 18.2 Å². The highest BCUT2D eigenvalue weighted by Gasteiger charge is 2.30. The molecule has 7 nitrogen and oxygen atoms in total. The van der Waals surface area contributed by atoms with Gasteiger partial charge in [0.05, 0.1) is 19.0 Å². The van der Waals surface area contributed by atoms with Crippen LogP contribution in [0.4, 0.5) is 0 Å². The van der Waals surface area contributed by atoms with Crippen LogP contribution in [-0.4, -0.2) is 71.5 Å². The first-order valence-corrected chi connectivity index (χ1v) is 10.3. The predicted molar refractivity (Wildman–Crippen MR) is 108 cm³/mol. The largest absolute Gasteiger partial charge is 0.368 e. The van der Waals surface area contributed by atoms with Crippen molar-refractivity contribution in [1.82, 2.24) is 14.4 Å². The lowest BCUT2D eigenvalue weighted by molar-refractivity contribution is -0.142. The third kappa shape index (κ3) is 4.19. The molecule has 0 spiro atoms. The summed E-state index contributed by atoms with van der Waals surface area (Å²) in [6.45, 7) is 4.25. The molecule has 2 aliphatic heterocycles. The number of hydrogen-bond donors (Lipinski definition) is 0. The number of carbonyl (C=O) groups excluding carboxylic acids is 2. The van der Waals surface area contributed by atoms with Crippen LogP contribution in [0.3, 0.4) is 0 Å². The number of hydrogen-bond acceptors (Lipinski definition) is 5. The molecule has 1 amide bonds. The van der Waals surface area contributed by atoms with Crippen molar-refractivity contribution < 1.29 is 14.3 Å². The molecular weight excluding hydrogens is 368 g/mol. The van der Waals surface area contributed by atoms with Crippen molar-refractivity contribution >= 4 is 22.6 Å². The summed E-state index contributed by atoms with van der Waals surface area (Å²) in [7, 11) is 0. The number of piperazine rings is 1. The monoisotopic (exact) mass is 394 g/mol. The van der Waals surface area contributed by atoms with Gasteiger partial charge < -0.3 is 14.2 Å². The number of aryl methyl sites for hydroxylation is 1. The van der Waals surface area contributed by atoms with E-state index in [0.29, 0.717) is 57.9 Å². The summed E-state index contributed by atoms with van der Waals surface area (Å²) in [6, 6.07) is 9.99. The molecule has 152 valence electrons. The summed E-state index contributed by atoms with van der Waals surface area (Å²) < 4.78 is 7.50. The van der Waals surface area contributed by atoms with E-state index in [1.165, 1.54) is 0 Å². The molecule has 0 N–H and O–H groups in total. The second-order valence-electron chi connectivity index (χ2n) is 7.69.